The van der Waals surface area contributed by atoms with Gasteiger partial charge in [0.25, 0.3) is 0 Å². The summed E-state index contributed by atoms with van der Waals surface area (Å²) in [5.74, 6) is -0.496. The van der Waals surface area contributed by atoms with Gasteiger partial charge < -0.3 is 10.5 Å². The Kier molecular flexibility index (Phi) is 7.69. The molecule has 0 saturated heterocycles. The molecule has 0 aliphatic heterocycles. The van der Waals surface area contributed by atoms with Crippen molar-refractivity contribution in [2.75, 3.05) is 27.2 Å². The third-order valence-electron chi connectivity index (χ3n) is 3.49. The fraction of sp³-hybridized carbons (Fsp3) is 0.533. The van der Waals surface area contributed by atoms with Gasteiger partial charge in [0.15, 0.2) is 0 Å². The van der Waals surface area contributed by atoms with E-state index >= 15 is 0 Å². The molecule has 6 nitrogen and oxygen atoms in total. The van der Waals surface area contributed by atoms with E-state index in [0.29, 0.717) is 24.2 Å². The largest absolute Gasteiger partial charge is 0.465 e. The second kappa shape index (κ2) is 8.10. The lowest BCUT2D eigenvalue weighted by atomic mass is 9.94. The molecule has 23 heavy (non-hydrogen) atoms. The minimum atomic E-state index is -3.64. The van der Waals surface area contributed by atoms with Crippen molar-refractivity contribution < 1.29 is 17.9 Å². The molecule has 0 aromatic heterocycles. The maximum atomic E-state index is 12.7. The topological polar surface area (TPSA) is 89.7 Å². The lowest BCUT2D eigenvalue weighted by Crippen LogP contribution is -2.39. The van der Waals surface area contributed by atoms with Crippen LogP contribution in [-0.4, -0.2) is 45.9 Å². The van der Waals surface area contributed by atoms with Crippen LogP contribution >= 0.6 is 12.4 Å². The van der Waals surface area contributed by atoms with Crippen molar-refractivity contribution in [1.82, 2.24) is 4.31 Å². The molecule has 0 fully saturated rings. The molecule has 1 aromatic rings. The molecule has 0 amide bonds. The van der Waals surface area contributed by atoms with Crippen LogP contribution in [0.15, 0.2) is 23.1 Å². The van der Waals surface area contributed by atoms with Crippen LogP contribution in [0.3, 0.4) is 0 Å². The third-order valence-corrected chi connectivity index (χ3v) is 5.45. The maximum Gasteiger partial charge on any atom is 0.337 e. The number of hydrogen-bond acceptors (Lipinski definition) is 5. The number of ether oxygens (including phenoxy) is 1. The molecular weight excluding hydrogens is 340 g/mol. The van der Waals surface area contributed by atoms with Gasteiger partial charge in [-0.15, -0.1) is 12.4 Å². The minimum Gasteiger partial charge on any atom is -0.465 e. The maximum absolute atomic E-state index is 12.7. The molecule has 0 atom stereocenters. The number of nitrogens with zero attached hydrogens (tertiary/aromatic N) is 1. The van der Waals surface area contributed by atoms with Gasteiger partial charge in [0, 0.05) is 13.6 Å². The Labute approximate surface area is 144 Å². The first-order valence-electron chi connectivity index (χ1n) is 6.90. The first kappa shape index (κ1) is 21.9. The molecule has 0 radical (unpaired) electrons. The Morgan fingerprint density at radius 1 is 1.35 bits per heavy atom. The van der Waals surface area contributed by atoms with Gasteiger partial charge >= 0.3 is 5.97 Å². The summed E-state index contributed by atoms with van der Waals surface area (Å²) in [5.41, 5.74) is 6.17. The monoisotopic (exact) mass is 364 g/mol. The zero-order valence-corrected chi connectivity index (χ0v) is 15.8. The lowest BCUT2D eigenvalue weighted by Gasteiger charge is -2.28. The number of methoxy groups -OCH3 is 1. The van der Waals surface area contributed by atoms with Gasteiger partial charge in [-0.1, -0.05) is 13.8 Å². The van der Waals surface area contributed by atoms with E-state index in [-0.39, 0.29) is 22.7 Å². The smallest absolute Gasteiger partial charge is 0.337 e. The van der Waals surface area contributed by atoms with Crippen molar-refractivity contribution in [1.29, 1.82) is 0 Å². The fourth-order valence-corrected chi connectivity index (χ4v) is 3.66. The summed E-state index contributed by atoms with van der Waals surface area (Å²) < 4.78 is 31.3. The first-order valence-corrected chi connectivity index (χ1v) is 8.34. The summed E-state index contributed by atoms with van der Waals surface area (Å²) in [5, 5.41) is 0. The Morgan fingerprint density at radius 3 is 2.35 bits per heavy atom. The molecule has 1 rings (SSSR count). The van der Waals surface area contributed by atoms with Crippen molar-refractivity contribution in [3.05, 3.63) is 29.3 Å². The van der Waals surface area contributed by atoms with Crippen molar-refractivity contribution in [2.45, 2.75) is 25.7 Å². The fourth-order valence-electron chi connectivity index (χ4n) is 2.10. The van der Waals surface area contributed by atoms with Crippen LogP contribution in [0.5, 0.6) is 0 Å². The molecule has 0 saturated carbocycles. The number of halogens is 1. The average Bonchev–Trinajstić information content (AvgIpc) is 2.45. The van der Waals surface area contributed by atoms with E-state index in [4.69, 9.17) is 5.73 Å². The SMILES string of the molecule is COC(=O)c1ccc(S(=O)(=O)N(C)CC(C)(C)CN)c(C)c1.Cl. The predicted octanol–water partition coefficient (Wildman–Crippen LogP) is 1.81. The quantitative estimate of drug-likeness (QED) is 0.777. The number of benzene rings is 1. The van der Waals surface area contributed by atoms with Gasteiger partial charge in [-0.25, -0.2) is 17.5 Å². The van der Waals surface area contributed by atoms with Gasteiger partial charge in [-0.3, -0.25) is 0 Å². The summed E-state index contributed by atoms with van der Waals surface area (Å²) in [6, 6.07) is 4.40. The van der Waals surface area contributed by atoms with E-state index in [2.05, 4.69) is 4.74 Å². The molecule has 0 aliphatic carbocycles. The second-order valence-corrected chi connectivity index (χ2v) is 8.11. The lowest BCUT2D eigenvalue weighted by molar-refractivity contribution is 0.0600. The highest BCUT2D eigenvalue weighted by Crippen LogP contribution is 2.24. The number of esters is 1. The minimum absolute atomic E-state index is 0. The number of aryl methyl sites for hydroxylation is 1. The predicted molar refractivity (Wildman–Crippen MR) is 92.4 cm³/mol. The van der Waals surface area contributed by atoms with Gasteiger partial charge in [-0.05, 0) is 42.6 Å². The average molecular weight is 365 g/mol. The third kappa shape index (κ3) is 5.17. The van der Waals surface area contributed by atoms with Crippen LogP contribution in [-0.2, 0) is 14.8 Å². The highest BCUT2D eigenvalue weighted by atomic mass is 35.5. The van der Waals surface area contributed by atoms with Crippen molar-refractivity contribution >= 4 is 28.4 Å². The van der Waals surface area contributed by atoms with Crippen molar-refractivity contribution in [2.24, 2.45) is 11.1 Å². The summed E-state index contributed by atoms with van der Waals surface area (Å²) in [6.45, 7) is 6.16. The zero-order chi connectivity index (χ0) is 17.1. The molecule has 0 heterocycles. The van der Waals surface area contributed by atoms with Gasteiger partial charge in [0.1, 0.15) is 0 Å². The summed E-state index contributed by atoms with van der Waals surface area (Å²) in [4.78, 5) is 11.7. The molecular formula is C15H25ClN2O4S. The van der Waals surface area contributed by atoms with E-state index in [1.165, 1.54) is 36.7 Å². The molecule has 0 spiro atoms. The number of carbonyl (C=O) groups is 1. The van der Waals surface area contributed by atoms with Crippen molar-refractivity contribution in [3.8, 4) is 0 Å². The molecule has 1 aromatic carbocycles. The summed E-state index contributed by atoms with van der Waals surface area (Å²) in [6.07, 6.45) is 0. The number of sulfonamides is 1. The van der Waals surface area contributed by atoms with Crippen LogP contribution in [0.2, 0.25) is 0 Å². The number of hydrogen-bond donors (Lipinski definition) is 1. The van der Waals surface area contributed by atoms with Gasteiger partial charge in [0.05, 0.1) is 17.6 Å². The molecule has 2 N–H and O–H groups in total. The first-order chi connectivity index (χ1) is 10.0. The summed E-state index contributed by atoms with van der Waals surface area (Å²) >= 11 is 0. The zero-order valence-electron chi connectivity index (χ0n) is 14.1. The normalized spacial score (nSPS) is 12.0. The van der Waals surface area contributed by atoms with E-state index in [1.54, 1.807) is 6.92 Å². The van der Waals surface area contributed by atoms with E-state index in [9.17, 15) is 13.2 Å². The van der Waals surface area contributed by atoms with Crippen LogP contribution in [0, 0.1) is 12.3 Å². The van der Waals surface area contributed by atoms with Crippen LogP contribution in [0.1, 0.15) is 29.8 Å². The molecule has 0 bridgehead atoms. The van der Waals surface area contributed by atoms with E-state index in [0.717, 1.165) is 0 Å². The highest BCUT2D eigenvalue weighted by molar-refractivity contribution is 7.89. The van der Waals surface area contributed by atoms with Crippen LogP contribution in [0.4, 0.5) is 0 Å². The number of carbonyl (C=O) groups excluding carboxylic acids is 1. The Morgan fingerprint density at radius 2 is 1.91 bits per heavy atom. The highest BCUT2D eigenvalue weighted by Gasteiger charge is 2.28. The molecule has 0 unspecified atom stereocenters. The van der Waals surface area contributed by atoms with E-state index < -0.39 is 16.0 Å². The van der Waals surface area contributed by atoms with E-state index in [1.807, 2.05) is 13.8 Å². The van der Waals surface area contributed by atoms with Crippen molar-refractivity contribution in [3.63, 3.8) is 0 Å². The Hall–Kier alpha value is -1.15. The molecule has 8 heteroatoms. The molecule has 0 aliphatic rings. The number of rotatable bonds is 6. The second-order valence-electron chi connectivity index (χ2n) is 6.10. The Bertz CT molecular complexity index is 659. The Balaban J connectivity index is 0.00000484. The van der Waals surface area contributed by atoms with Gasteiger partial charge in [0.2, 0.25) is 10.0 Å². The standard InChI is InChI=1S/C15H24N2O4S.ClH/c1-11-8-12(14(18)21-5)6-7-13(11)22(19,20)17(4)10-15(2,3)9-16;/h6-8H,9-10,16H2,1-5H3;1H. The number of nitrogens with two attached hydrogens (primary N) is 1. The van der Waals surface area contributed by atoms with Crippen LogP contribution < -0.4 is 5.73 Å². The molecule has 132 valence electrons. The van der Waals surface area contributed by atoms with Crippen LogP contribution in [0.25, 0.3) is 0 Å². The summed E-state index contributed by atoms with van der Waals surface area (Å²) in [7, 11) is -0.826. The van der Waals surface area contributed by atoms with Gasteiger partial charge in [-0.2, -0.15) is 0 Å².